The molecule has 2 saturated heterocycles. The van der Waals surface area contributed by atoms with Crippen LogP contribution in [0, 0.1) is 0 Å². The van der Waals surface area contributed by atoms with Gasteiger partial charge in [0, 0.05) is 89.3 Å². The smallest absolute Gasteiger partial charge is 0.254 e. The highest BCUT2D eigenvalue weighted by Crippen LogP contribution is 2.20. The summed E-state index contributed by atoms with van der Waals surface area (Å²) in [6, 6.07) is 8.63. The minimum Gasteiger partial charge on any atom is -0.383 e. The lowest BCUT2D eigenvalue weighted by Crippen LogP contribution is -2.55. The molecule has 2 aliphatic rings. The molecule has 8 heteroatoms. The van der Waals surface area contributed by atoms with Crippen molar-refractivity contribution < 1.29 is 14.3 Å². The third kappa shape index (κ3) is 7.41. The number of amides is 2. The molecule has 2 heterocycles. The van der Waals surface area contributed by atoms with Gasteiger partial charge in [-0.05, 0) is 45.4 Å². The number of nitrogens with zero attached hydrogens (tertiary/aromatic N) is 5. The van der Waals surface area contributed by atoms with E-state index in [0.29, 0.717) is 31.3 Å². The minimum absolute atomic E-state index is 0.0385. The average molecular weight is 488 g/mol. The van der Waals surface area contributed by atoms with Crippen molar-refractivity contribution in [3.63, 3.8) is 0 Å². The Hall–Kier alpha value is -2.16. The van der Waals surface area contributed by atoms with Crippen LogP contribution in [0.4, 0.5) is 5.69 Å². The van der Waals surface area contributed by atoms with Gasteiger partial charge in [0.15, 0.2) is 0 Å². The lowest BCUT2D eigenvalue weighted by molar-refractivity contribution is -0.134. The maximum atomic E-state index is 13.1. The molecule has 0 saturated carbocycles. The summed E-state index contributed by atoms with van der Waals surface area (Å²) < 4.78 is 5.19. The molecule has 2 fully saturated rings. The molecule has 3 rings (SSSR count). The lowest BCUT2D eigenvalue weighted by Gasteiger charge is -2.40. The Morgan fingerprint density at radius 3 is 2.29 bits per heavy atom. The van der Waals surface area contributed by atoms with E-state index in [1.165, 1.54) is 0 Å². The summed E-state index contributed by atoms with van der Waals surface area (Å²) in [4.78, 5) is 37.0. The van der Waals surface area contributed by atoms with E-state index in [1.54, 1.807) is 7.11 Å². The number of hydrogen-bond acceptors (Lipinski definition) is 6. The second kappa shape index (κ2) is 13.2. The summed E-state index contributed by atoms with van der Waals surface area (Å²) in [5.74, 6) is 0.288. The molecule has 1 unspecified atom stereocenters. The molecule has 0 aromatic heterocycles. The van der Waals surface area contributed by atoms with Gasteiger partial charge in [0.25, 0.3) is 5.91 Å². The fourth-order valence-electron chi connectivity index (χ4n) is 4.91. The standard InChI is InChI=1S/C27H45N5O3/c1-6-23(4)29-14-16-31(17-15-29)26(33)21-28-10-12-30(13-11-28)25-9-7-8-24(20-25)27(34)32(22(2)3)18-19-35-5/h7-9,20,22-23H,6,10-19,21H2,1-5H3. The third-order valence-electron chi connectivity index (χ3n) is 7.49. The van der Waals surface area contributed by atoms with Crippen molar-refractivity contribution in [3.05, 3.63) is 29.8 Å². The van der Waals surface area contributed by atoms with Gasteiger partial charge in [-0.3, -0.25) is 19.4 Å². The number of hydrogen-bond donors (Lipinski definition) is 0. The van der Waals surface area contributed by atoms with Gasteiger partial charge in [-0.15, -0.1) is 0 Å². The Labute approximate surface area is 211 Å². The van der Waals surface area contributed by atoms with Crippen LogP contribution in [0.15, 0.2) is 24.3 Å². The van der Waals surface area contributed by atoms with Crippen molar-refractivity contribution in [1.82, 2.24) is 19.6 Å². The number of methoxy groups -OCH3 is 1. The molecule has 1 aromatic rings. The first-order valence-corrected chi connectivity index (χ1v) is 13.2. The van der Waals surface area contributed by atoms with Gasteiger partial charge in [0.2, 0.25) is 5.91 Å². The fraction of sp³-hybridized carbons (Fsp3) is 0.704. The Bertz CT molecular complexity index is 817. The summed E-state index contributed by atoms with van der Waals surface area (Å²) >= 11 is 0. The van der Waals surface area contributed by atoms with Crippen LogP contribution in [-0.2, 0) is 9.53 Å². The molecule has 0 bridgehead atoms. The van der Waals surface area contributed by atoms with E-state index >= 15 is 0 Å². The van der Waals surface area contributed by atoms with Crippen LogP contribution in [0.5, 0.6) is 0 Å². The number of benzene rings is 1. The molecule has 8 nitrogen and oxygen atoms in total. The van der Waals surface area contributed by atoms with E-state index in [4.69, 9.17) is 4.74 Å². The van der Waals surface area contributed by atoms with E-state index in [-0.39, 0.29) is 17.9 Å². The molecule has 35 heavy (non-hydrogen) atoms. The lowest BCUT2D eigenvalue weighted by atomic mass is 10.1. The second-order valence-corrected chi connectivity index (χ2v) is 10.1. The first-order chi connectivity index (χ1) is 16.8. The molecule has 0 N–H and O–H groups in total. The van der Waals surface area contributed by atoms with Crippen LogP contribution in [0.3, 0.4) is 0 Å². The summed E-state index contributed by atoms with van der Waals surface area (Å²) in [5, 5.41) is 0. The fourth-order valence-corrected chi connectivity index (χ4v) is 4.91. The topological polar surface area (TPSA) is 59.6 Å². The van der Waals surface area contributed by atoms with Crippen molar-refractivity contribution >= 4 is 17.5 Å². The minimum atomic E-state index is 0.0385. The van der Waals surface area contributed by atoms with Gasteiger partial charge in [0.05, 0.1) is 13.2 Å². The Balaban J connectivity index is 1.50. The van der Waals surface area contributed by atoms with Crippen molar-refractivity contribution in [3.8, 4) is 0 Å². The molecule has 0 spiro atoms. The van der Waals surface area contributed by atoms with Crippen LogP contribution in [0.2, 0.25) is 0 Å². The number of rotatable bonds is 10. The molecular formula is C27H45N5O3. The quantitative estimate of drug-likeness (QED) is 0.505. The van der Waals surface area contributed by atoms with Gasteiger partial charge >= 0.3 is 0 Å². The Morgan fingerprint density at radius 2 is 1.69 bits per heavy atom. The van der Waals surface area contributed by atoms with Crippen LogP contribution in [0.1, 0.15) is 44.5 Å². The zero-order chi connectivity index (χ0) is 25.4. The SMILES string of the molecule is CCC(C)N1CCN(C(=O)CN2CCN(c3cccc(C(=O)N(CCOC)C(C)C)c3)CC2)CC1. The van der Waals surface area contributed by atoms with Gasteiger partial charge in [-0.1, -0.05) is 13.0 Å². The molecule has 196 valence electrons. The summed E-state index contributed by atoms with van der Waals surface area (Å²) in [5.41, 5.74) is 1.78. The number of anilines is 1. The number of carbonyl (C=O) groups is 2. The van der Waals surface area contributed by atoms with Crippen molar-refractivity contribution in [2.75, 3.05) is 84.1 Å². The highest BCUT2D eigenvalue weighted by Gasteiger charge is 2.26. The molecule has 0 aliphatic carbocycles. The molecule has 1 aromatic carbocycles. The molecule has 2 amide bonds. The number of carbonyl (C=O) groups excluding carboxylic acids is 2. The van der Waals surface area contributed by atoms with E-state index < -0.39 is 0 Å². The van der Waals surface area contributed by atoms with Gasteiger partial charge in [-0.2, -0.15) is 0 Å². The predicted octanol–water partition coefficient (Wildman–Crippen LogP) is 2.25. The summed E-state index contributed by atoms with van der Waals surface area (Å²) in [7, 11) is 1.66. The normalized spacial score (nSPS) is 18.7. The highest BCUT2D eigenvalue weighted by molar-refractivity contribution is 5.95. The molecule has 0 radical (unpaired) electrons. The summed E-state index contributed by atoms with van der Waals surface area (Å²) in [6.07, 6.45) is 1.15. The van der Waals surface area contributed by atoms with E-state index in [1.807, 2.05) is 41.8 Å². The Kier molecular flexibility index (Phi) is 10.4. The maximum absolute atomic E-state index is 13.1. The van der Waals surface area contributed by atoms with E-state index in [9.17, 15) is 9.59 Å². The molecule has 2 aliphatic heterocycles. The summed E-state index contributed by atoms with van der Waals surface area (Å²) in [6.45, 7) is 17.2. The van der Waals surface area contributed by atoms with Gasteiger partial charge in [-0.25, -0.2) is 0 Å². The van der Waals surface area contributed by atoms with Gasteiger partial charge < -0.3 is 19.4 Å². The van der Waals surface area contributed by atoms with Crippen molar-refractivity contribution in [2.45, 2.75) is 46.2 Å². The van der Waals surface area contributed by atoms with Crippen LogP contribution in [-0.4, -0.2) is 123 Å². The van der Waals surface area contributed by atoms with Crippen molar-refractivity contribution in [1.29, 1.82) is 0 Å². The zero-order valence-electron chi connectivity index (χ0n) is 22.4. The average Bonchev–Trinajstić information content (AvgIpc) is 2.88. The zero-order valence-corrected chi connectivity index (χ0v) is 22.4. The number of ether oxygens (including phenoxy) is 1. The number of piperazine rings is 2. The van der Waals surface area contributed by atoms with Gasteiger partial charge in [0.1, 0.15) is 0 Å². The van der Waals surface area contributed by atoms with Crippen LogP contribution in [0.25, 0.3) is 0 Å². The third-order valence-corrected chi connectivity index (χ3v) is 7.49. The first kappa shape index (κ1) is 27.4. The van der Waals surface area contributed by atoms with E-state index in [2.05, 4.69) is 34.6 Å². The predicted molar refractivity (Wildman–Crippen MR) is 141 cm³/mol. The largest absolute Gasteiger partial charge is 0.383 e. The maximum Gasteiger partial charge on any atom is 0.254 e. The van der Waals surface area contributed by atoms with Crippen molar-refractivity contribution in [2.24, 2.45) is 0 Å². The van der Waals surface area contributed by atoms with Crippen LogP contribution < -0.4 is 4.90 Å². The first-order valence-electron chi connectivity index (χ1n) is 13.2. The molecular weight excluding hydrogens is 442 g/mol. The van der Waals surface area contributed by atoms with E-state index in [0.717, 1.165) is 64.5 Å². The Morgan fingerprint density at radius 1 is 1.00 bits per heavy atom. The molecule has 1 atom stereocenters. The highest BCUT2D eigenvalue weighted by atomic mass is 16.5. The second-order valence-electron chi connectivity index (χ2n) is 10.1. The van der Waals surface area contributed by atoms with Crippen LogP contribution >= 0.6 is 0 Å². The monoisotopic (exact) mass is 487 g/mol.